The minimum absolute atomic E-state index is 0.195. The molecule has 0 saturated heterocycles. The van der Waals surface area contributed by atoms with E-state index in [0.717, 1.165) is 6.07 Å². The molecule has 17 heavy (non-hydrogen) atoms. The zero-order chi connectivity index (χ0) is 13.1. The summed E-state index contributed by atoms with van der Waals surface area (Å²) < 4.78 is 38.2. The fourth-order valence-electron chi connectivity index (χ4n) is 1.59. The molecule has 0 aliphatic carbocycles. The molecule has 1 aromatic carbocycles. The third-order valence-corrected chi connectivity index (χ3v) is 2.45. The summed E-state index contributed by atoms with van der Waals surface area (Å²) in [6, 6.07) is 5.00. The van der Waals surface area contributed by atoms with E-state index in [-0.39, 0.29) is 12.1 Å². The van der Waals surface area contributed by atoms with Gasteiger partial charge in [-0.15, -0.1) is 0 Å². The van der Waals surface area contributed by atoms with Crippen LogP contribution in [0.25, 0.3) is 0 Å². The maximum absolute atomic E-state index is 12.7. The third-order valence-electron chi connectivity index (χ3n) is 2.45. The van der Waals surface area contributed by atoms with Crippen LogP contribution in [0.2, 0.25) is 0 Å². The van der Waals surface area contributed by atoms with Gasteiger partial charge in [0, 0.05) is 12.6 Å². The number of nitrogens with one attached hydrogen (secondary N) is 1. The Labute approximate surface area is 98.5 Å². The van der Waals surface area contributed by atoms with Gasteiger partial charge in [0.05, 0.1) is 11.7 Å². The van der Waals surface area contributed by atoms with Crippen molar-refractivity contribution in [2.24, 2.45) is 0 Å². The molecule has 0 aliphatic heterocycles. The highest BCUT2D eigenvalue weighted by Gasteiger charge is 2.33. The van der Waals surface area contributed by atoms with Gasteiger partial charge in [-0.05, 0) is 25.5 Å². The van der Waals surface area contributed by atoms with Crippen LogP contribution in [-0.4, -0.2) is 17.8 Å². The van der Waals surface area contributed by atoms with Crippen LogP contribution in [-0.2, 0) is 6.18 Å². The lowest BCUT2D eigenvalue weighted by atomic mass is 10.0. The molecule has 2 unspecified atom stereocenters. The third kappa shape index (κ3) is 4.02. The Kier molecular flexibility index (Phi) is 4.54. The van der Waals surface area contributed by atoms with E-state index in [1.165, 1.54) is 12.1 Å². The predicted molar refractivity (Wildman–Crippen MR) is 59.5 cm³/mol. The quantitative estimate of drug-likeness (QED) is 0.857. The molecule has 2 N–H and O–H groups in total. The van der Waals surface area contributed by atoms with Gasteiger partial charge >= 0.3 is 6.18 Å². The highest BCUT2D eigenvalue weighted by Crippen LogP contribution is 2.34. The highest BCUT2D eigenvalue weighted by atomic mass is 19.4. The van der Waals surface area contributed by atoms with Crippen LogP contribution in [0.1, 0.15) is 31.0 Å². The number of hydrogen-bond donors (Lipinski definition) is 2. The second kappa shape index (κ2) is 5.51. The summed E-state index contributed by atoms with van der Waals surface area (Å²) in [6.07, 6.45) is -4.94. The lowest BCUT2D eigenvalue weighted by Crippen LogP contribution is -2.28. The maximum atomic E-state index is 12.7. The number of rotatable bonds is 4. The minimum Gasteiger partial charge on any atom is -0.392 e. The average molecular weight is 247 g/mol. The van der Waals surface area contributed by atoms with Crippen LogP contribution < -0.4 is 5.32 Å². The normalized spacial score (nSPS) is 15.6. The molecule has 0 bridgehead atoms. The minimum atomic E-state index is -4.35. The molecule has 0 aromatic heterocycles. The van der Waals surface area contributed by atoms with Crippen molar-refractivity contribution in [3.05, 3.63) is 35.4 Å². The molecule has 2 atom stereocenters. The van der Waals surface area contributed by atoms with Gasteiger partial charge in [0.1, 0.15) is 0 Å². The van der Waals surface area contributed by atoms with Gasteiger partial charge in [-0.2, -0.15) is 13.2 Å². The van der Waals surface area contributed by atoms with Gasteiger partial charge in [-0.25, -0.2) is 0 Å². The molecule has 1 rings (SSSR count). The van der Waals surface area contributed by atoms with Crippen LogP contribution in [0, 0.1) is 0 Å². The van der Waals surface area contributed by atoms with Crippen molar-refractivity contribution in [1.82, 2.24) is 5.32 Å². The van der Waals surface area contributed by atoms with E-state index in [4.69, 9.17) is 5.11 Å². The van der Waals surface area contributed by atoms with Crippen molar-refractivity contribution in [3.63, 3.8) is 0 Å². The highest BCUT2D eigenvalue weighted by molar-refractivity contribution is 5.32. The molecule has 0 amide bonds. The van der Waals surface area contributed by atoms with E-state index in [2.05, 4.69) is 5.32 Å². The topological polar surface area (TPSA) is 32.3 Å². The number of halogens is 3. The Hall–Kier alpha value is -1.07. The first-order valence-corrected chi connectivity index (χ1v) is 5.40. The number of aliphatic hydroxyl groups excluding tert-OH is 1. The molecule has 0 spiro atoms. The number of benzene rings is 1. The summed E-state index contributed by atoms with van der Waals surface area (Å²) in [5, 5.41) is 12.0. The molecule has 0 aliphatic rings. The predicted octanol–water partition coefficient (Wildman–Crippen LogP) is 2.74. The number of hydrogen-bond acceptors (Lipinski definition) is 2. The van der Waals surface area contributed by atoms with Gasteiger partial charge in [0.2, 0.25) is 0 Å². The summed E-state index contributed by atoms with van der Waals surface area (Å²) in [5.41, 5.74) is -0.439. The molecule has 0 fully saturated rings. The van der Waals surface area contributed by atoms with Crippen molar-refractivity contribution in [2.75, 3.05) is 6.54 Å². The van der Waals surface area contributed by atoms with E-state index in [9.17, 15) is 13.2 Å². The second-order valence-corrected chi connectivity index (χ2v) is 4.06. The standard InChI is InChI=1S/C12H16F3NO/c1-8(17)7-16-9(2)10-5-3-4-6-11(10)12(13,14)15/h3-6,8-9,16-17H,7H2,1-2H3. The Bertz CT molecular complexity index is 363. The molecule has 0 saturated carbocycles. The lowest BCUT2D eigenvalue weighted by Gasteiger charge is -2.20. The van der Waals surface area contributed by atoms with Gasteiger partial charge < -0.3 is 10.4 Å². The van der Waals surface area contributed by atoms with Gasteiger partial charge in [-0.3, -0.25) is 0 Å². The number of alkyl halides is 3. The SMILES string of the molecule is CC(O)CNC(C)c1ccccc1C(F)(F)F. The Morgan fingerprint density at radius 2 is 1.82 bits per heavy atom. The summed E-state index contributed by atoms with van der Waals surface area (Å²) in [4.78, 5) is 0. The van der Waals surface area contributed by atoms with Crippen molar-refractivity contribution in [3.8, 4) is 0 Å². The zero-order valence-electron chi connectivity index (χ0n) is 9.75. The van der Waals surface area contributed by atoms with Crippen LogP contribution in [0.4, 0.5) is 13.2 Å². The van der Waals surface area contributed by atoms with E-state index in [1.54, 1.807) is 19.9 Å². The van der Waals surface area contributed by atoms with E-state index >= 15 is 0 Å². The first-order valence-electron chi connectivity index (χ1n) is 5.40. The maximum Gasteiger partial charge on any atom is 0.416 e. The summed E-state index contributed by atoms with van der Waals surface area (Å²) >= 11 is 0. The Morgan fingerprint density at radius 3 is 2.35 bits per heavy atom. The van der Waals surface area contributed by atoms with Crippen LogP contribution in [0.15, 0.2) is 24.3 Å². The Balaban J connectivity index is 2.89. The van der Waals surface area contributed by atoms with E-state index < -0.39 is 23.9 Å². The Morgan fingerprint density at radius 1 is 1.24 bits per heavy atom. The van der Waals surface area contributed by atoms with Crippen LogP contribution in [0.3, 0.4) is 0 Å². The largest absolute Gasteiger partial charge is 0.416 e. The zero-order valence-corrected chi connectivity index (χ0v) is 9.75. The van der Waals surface area contributed by atoms with Gasteiger partial charge in [-0.1, -0.05) is 18.2 Å². The first kappa shape index (κ1) is 14.0. The molecule has 96 valence electrons. The van der Waals surface area contributed by atoms with Crippen LogP contribution in [0.5, 0.6) is 0 Å². The smallest absolute Gasteiger partial charge is 0.392 e. The summed E-state index contributed by atoms with van der Waals surface area (Å²) in [7, 11) is 0. The molecular formula is C12H16F3NO. The second-order valence-electron chi connectivity index (χ2n) is 4.06. The summed E-state index contributed by atoms with van der Waals surface area (Å²) in [5.74, 6) is 0. The molecule has 1 aromatic rings. The van der Waals surface area contributed by atoms with Gasteiger partial charge in [0.25, 0.3) is 0 Å². The fourth-order valence-corrected chi connectivity index (χ4v) is 1.59. The molecular weight excluding hydrogens is 231 g/mol. The van der Waals surface area contributed by atoms with Crippen molar-refractivity contribution < 1.29 is 18.3 Å². The van der Waals surface area contributed by atoms with Crippen LogP contribution >= 0.6 is 0 Å². The first-order chi connectivity index (χ1) is 7.82. The molecule has 2 nitrogen and oxygen atoms in total. The monoisotopic (exact) mass is 247 g/mol. The van der Waals surface area contributed by atoms with Crippen molar-refractivity contribution >= 4 is 0 Å². The van der Waals surface area contributed by atoms with Crippen molar-refractivity contribution in [1.29, 1.82) is 0 Å². The van der Waals surface area contributed by atoms with E-state index in [1.807, 2.05) is 0 Å². The number of aliphatic hydroxyl groups is 1. The van der Waals surface area contributed by atoms with Gasteiger partial charge in [0.15, 0.2) is 0 Å². The average Bonchev–Trinajstić information content (AvgIpc) is 2.24. The summed E-state index contributed by atoms with van der Waals surface area (Å²) in [6.45, 7) is 3.48. The lowest BCUT2D eigenvalue weighted by molar-refractivity contribution is -0.138. The molecule has 0 heterocycles. The fraction of sp³-hybridized carbons (Fsp3) is 0.500. The van der Waals surface area contributed by atoms with Crippen molar-refractivity contribution in [2.45, 2.75) is 32.2 Å². The molecule has 0 radical (unpaired) electrons. The van der Waals surface area contributed by atoms with E-state index in [0.29, 0.717) is 0 Å². The molecule has 5 heteroatoms.